The minimum atomic E-state index is -0.576. The fourth-order valence-electron chi connectivity index (χ4n) is 2.38. The Hall–Kier alpha value is -1.47. The molecule has 0 saturated carbocycles. The zero-order valence-corrected chi connectivity index (χ0v) is 12.4. The van der Waals surface area contributed by atoms with E-state index in [0.717, 1.165) is 9.80 Å². The minimum Gasteiger partial charge on any atom is -0.382 e. The van der Waals surface area contributed by atoms with E-state index in [1.54, 1.807) is 13.8 Å². The van der Waals surface area contributed by atoms with Crippen LogP contribution in [0.25, 0.3) is 0 Å². The third-order valence-electron chi connectivity index (χ3n) is 3.34. The zero-order valence-electron chi connectivity index (χ0n) is 12.4. The highest BCUT2D eigenvalue weighted by Gasteiger charge is 2.50. The standard InChI is InChI=1S/C13H22N2O5/c1-5-11(16)14-9(7-19-3)10(8-20-4)15(13(14)18)12(17)6-2/h9-10H,5-8H2,1-4H3/t9-,10-/m1/s1. The van der Waals surface area contributed by atoms with Crippen LogP contribution in [-0.4, -0.2) is 67.2 Å². The average molecular weight is 286 g/mol. The first-order valence-electron chi connectivity index (χ1n) is 6.69. The number of amides is 4. The van der Waals surface area contributed by atoms with Crippen molar-refractivity contribution in [3.8, 4) is 0 Å². The van der Waals surface area contributed by atoms with Gasteiger partial charge in [0.05, 0.1) is 25.3 Å². The van der Waals surface area contributed by atoms with Crippen LogP contribution in [-0.2, 0) is 19.1 Å². The van der Waals surface area contributed by atoms with Crippen LogP contribution in [0.1, 0.15) is 26.7 Å². The molecule has 0 unspecified atom stereocenters. The van der Waals surface area contributed by atoms with Crippen LogP contribution < -0.4 is 0 Å². The summed E-state index contributed by atoms with van der Waals surface area (Å²) in [6, 6.07) is -1.58. The van der Waals surface area contributed by atoms with Crippen LogP contribution in [0.4, 0.5) is 4.79 Å². The Morgan fingerprint density at radius 1 is 0.950 bits per heavy atom. The predicted octanol–water partition coefficient (Wildman–Crippen LogP) is 0.627. The first-order chi connectivity index (χ1) is 9.53. The lowest BCUT2D eigenvalue weighted by Crippen LogP contribution is -2.46. The van der Waals surface area contributed by atoms with Gasteiger partial charge in [-0.05, 0) is 0 Å². The van der Waals surface area contributed by atoms with Gasteiger partial charge in [0.25, 0.3) is 0 Å². The topological polar surface area (TPSA) is 76.2 Å². The van der Waals surface area contributed by atoms with Crippen molar-refractivity contribution in [3.05, 3.63) is 0 Å². The molecule has 1 aliphatic heterocycles. The SMILES string of the molecule is CCC(=O)N1C(=O)N(C(=O)CC)[C@H](COC)[C@H]1COC. The maximum Gasteiger partial charge on any atom is 0.334 e. The summed E-state index contributed by atoms with van der Waals surface area (Å²) in [4.78, 5) is 38.6. The van der Waals surface area contributed by atoms with Crippen molar-refractivity contribution in [2.24, 2.45) is 0 Å². The van der Waals surface area contributed by atoms with Crippen LogP contribution in [0.3, 0.4) is 0 Å². The van der Waals surface area contributed by atoms with E-state index in [9.17, 15) is 14.4 Å². The largest absolute Gasteiger partial charge is 0.382 e. The molecule has 7 heteroatoms. The second-order valence-electron chi connectivity index (χ2n) is 4.56. The molecule has 20 heavy (non-hydrogen) atoms. The zero-order chi connectivity index (χ0) is 15.3. The van der Waals surface area contributed by atoms with E-state index >= 15 is 0 Å². The number of hydrogen-bond donors (Lipinski definition) is 0. The van der Waals surface area contributed by atoms with E-state index in [4.69, 9.17) is 9.47 Å². The summed E-state index contributed by atoms with van der Waals surface area (Å²) in [6.45, 7) is 3.71. The molecule has 1 heterocycles. The molecule has 2 atom stereocenters. The molecule has 0 aromatic carbocycles. The quantitative estimate of drug-likeness (QED) is 0.715. The fourth-order valence-corrected chi connectivity index (χ4v) is 2.38. The van der Waals surface area contributed by atoms with Crippen LogP contribution in [0.15, 0.2) is 0 Å². The van der Waals surface area contributed by atoms with Gasteiger partial charge in [-0.15, -0.1) is 0 Å². The number of ether oxygens (including phenoxy) is 2. The second-order valence-corrected chi connectivity index (χ2v) is 4.56. The van der Waals surface area contributed by atoms with Crippen molar-refractivity contribution in [3.63, 3.8) is 0 Å². The predicted molar refractivity (Wildman–Crippen MR) is 71.0 cm³/mol. The van der Waals surface area contributed by atoms with E-state index in [-0.39, 0.29) is 37.9 Å². The summed E-state index contributed by atoms with van der Waals surface area (Å²) in [5.41, 5.74) is 0. The lowest BCUT2D eigenvalue weighted by atomic mass is 10.1. The molecule has 0 aromatic rings. The molecule has 1 aliphatic rings. The number of rotatable bonds is 6. The molecule has 0 radical (unpaired) electrons. The van der Waals surface area contributed by atoms with Gasteiger partial charge < -0.3 is 9.47 Å². The van der Waals surface area contributed by atoms with Gasteiger partial charge in [-0.2, -0.15) is 0 Å². The third-order valence-corrected chi connectivity index (χ3v) is 3.34. The first kappa shape index (κ1) is 16.6. The van der Waals surface area contributed by atoms with E-state index in [1.165, 1.54) is 14.2 Å². The molecule has 1 fully saturated rings. The molecular formula is C13H22N2O5. The molecule has 0 bridgehead atoms. The van der Waals surface area contributed by atoms with Crippen molar-refractivity contribution in [1.29, 1.82) is 0 Å². The molecule has 4 amide bonds. The highest BCUT2D eigenvalue weighted by atomic mass is 16.5. The first-order valence-corrected chi connectivity index (χ1v) is 6.69. The molecule has 1 rings (SSSR count). The average Bonchev–Trinajstić information content (AvgIpc) is 2.71. The highest BCUT2D eigenvalue weighted by molar-refractivity contribution is 6.04. The van der Waals surface area contributed by atoms with Crippen molar-refractivity contribution < 1.29 is 23.9 Å². The number of nitrogens with zero attached hydrogens (tertiary/aromatic N) is 2. The molecule has 0 aromatic heterocycles. The molecule has 7 nitrogen and oxygen atoms in total. The van der Waals surface area contributed by atoms with Crippen LogP contribution in [0.5, 0.6) is 0 Å². The van der Waals surface area contributed by atoms with Gasteiger partial charge in [0, 0.05) is 27.1 Å². The Kier molecular flexibility index (Phi) is 6.09. The van der Waals surface area contributed by atoms with Crippen molar-refractivity contribution in [2.75, 3.05) is 27.4 Å². The smallest absolute Gasteiger partial charge is 0.334 e. The summed E-state index contributed by atoms with van der Waals surface area (Å²) >= 11 is 0. The van der Waals surface area contributed by atoms with Crippen LogP contribution in [0, 0.1) is 0 Å². The minimum absolute atomic E-state index is 0.180. The van der Waals surface area contributed by atoms with Crippen LogP contribution in [0.2, 0.25) is 0 Å². The van der Waals surface area contributed by atoms with Crippen LogP contribution >= 0.6 is 0 Å². The summed E-state index contributed by atoms with van der Waals surface area (Å²) < 4.78 is 10.2. The highest BCUT2D eigenvalue weighted by Crippen LogP contribution is 2.25. The molecule has 114 valence electrons. The molecule has 0 aliphatic carbocycles. The number of imide groups is 2. The van der Waals surface area contributed by atoms with E-state index in [1.807, 2.05) is 0 Å². The molecule has 1 saturated heterocycles. The Morgan fingerprint density at radius 3 is 1.55 bits per heavy atom. The van der Waals surface area contributed by atoms with Gasteiger partial charge in [-0.1, -0.05) is 13.8 Å². The van der Waals surface area contributed by atoms with Crippen molar-refractivity contribution in [1.82, 2.24) is 9.80 Å². The number of hydrogen-bond acceptors (Lipinski definition) is 5. The lowest BCUT2D eigenvalue weighted by molar-refractivity contribution is -0.130. The van der Waals surface area contributed by atoms with Gasteiger partial charge in [-0.25, -0.2) is 4.79 Å². The summed E-state index contributed by atoms with van der Waals surface area (Å²) in [5.74, 6) is -0.630. The van der Waals surface area contributed by atoms with E-state index in [2.05, 4.69) is 0 Å². The van der Waals surface area contributed by atoms with Gasteiger partial charge >= 0.3 is 6.03 Å². The number of methoxy groups -OCH3 is 2. The lowest BCUT2D eigenvalue weighted by Gasteiger charge is -2.25. The summed E-state index contributed by atoms with van der Waals surface area (Å²) in [6.07, 6.45) is 0.389. The van der Waals surface area contributed by atoms with Gasteiger partial charge in [-0.3, -0.25) is 19.4 Å². The Balaban J connectivity index is 3.15. The van der Waals surface area contributed by atoms with Crippen molar-refractivity contribution in [2.45, 2.75) is 38.8 Å². The number of carbonyl (C=O) groups excluding carboxylic acids is 3. The summed E-state index contributed by atoms with van der Waals surface area (Å²) in [7, 11) is 2.99. The van der Waals surface area contributed by atoms with Crippen molar-refractivity contribution >= 4 is 17.8 Å². The Labute approximate surface area is 118 Å². The Morgan fingerprint density at radius 2 is 1.30 bits per heavy atom. The fraction of sp³-hybridized carbons (Fsp3) is 0.769. The normalized spacial score (nSPS) is 22.5. The molecular weight excluding hydrogens is 264 g/mol. The monoisotopic (exact) mass is 286 g/mol. The van der Waals surface area contributed by atoms with Gasteiger partial charge in [0.15, 0.2) is 0 Å². The third kappa shape index (κ3) is 2.99. The molecule has 0 spiro atoms. The van der Waals surface area contributed by atoms with E-state index < -0.39 is 18.1 Å². The number of urea groups is 1. The number of carbonyl (C=O) groups is 3. The van der Waals surface area contributed by atoms with E-state index in [0.29, 0.717) is 0 Å². The van der Waals surface area contributed by atoms with Gasteiger partial charge in [0.1, 0.15) is 0 Å². The maximum absolute atomic E-state index is 12.4. The Bertz CT molecular complexity index is 351. The summed E-state index contributed by atoms with van der Waals surface area (Å²) in [5, 5.41) is 0. The molecule has 0 N–H and O–H groups in total. The maximum atomic E-state index is 12.4. The van der Waals surface area contributed by atoms with Gasteiger partial charge in [0.2, 0.25) is 11.8 Å². The second kappa shape index (κ2) is 7.35.